The Morgan fingerprint density at radius 1 is 1.42 bits per heavy atom. The van der Waals surface area contributed by atoms with E-state index in [0.717, 1.165) is 49.6 Å². The molecule has 2 aliphatic carbocycles. The van der Waals surface area contributed by atoms with Crippen molar-refractivity contribution < 1.29 is 9.15 Å². The normalized spacial score (nSPS) is 26.4. The Kier molecular flexibility index (Phi) is 4.18. The molecule has 106 valence electrons. The molecule has 4 heteroatoms. The summed E-state index contributed by atoms with van der Waals surface area (Å²) in [6, 6.07) is 0.764. The predicted octanol–water partition coefficient (Wildman–Crippen LogP) is 2.33. The predicted molar refractivity (Wildman–Crippen MR) is 73.1 cm³/mol. The summed E-state index contributed by atoms with van der Waals surface area (Å²) >= 11 is 0. The van der Waals surface area contributed by atoms with Crippen LogP contribution >= 0.6 is 0 Å². The van der Waals surface area contributed by atoms with Crippen molar-refractivity contribution in [2.24, 2.45) is 5.92 Å². The fraction of sp³-hybridized carbons (Fsp3) is 0.800. The largest absolute Gasteiger partial charge is 0.446 e. The molecule has 2 aliphatic rings. The first-order valence-corrected chi connectivity index (χ1v) is 7.62. The summed E-state index contributed by atoms with van der Waals surface area (Å²) in [6.07, 6.45) is 9.33. The van der Waals surface area contributed by atoms with Crippen LogP contribution in [0.3, 0.4) is 0 Å². The Bertz CT molecular complexity index is 395. The average molecular weight is 264 g/mol. The summed E-state index contributed by atoms with van der Waals surface area (Å²) in [6.45, 7) is 3.88. The maximum Gasteiger partial charge on any atom is 0.195 e. The highest BCUT2D eigenvalue weighted by Crippen LogP contribution is 2.32. The third-order valence-electron chi connectivity index (χ3n) is 4.04. The number of ether oxygens (including phenoxy) is 1. The topological polar surface area (TPSA) is 47.3 Å². The van der Waals surface area contributed by atoms with Crippen LogP contribution in [-0.2, 0) is 17.6 Å². The van der Waals surface area contributed by atoms with E-state index >= 15 is 0 Å². The van der Waals surface area contributed by atoms with E-state index in [1.807, 2.05) is 6.20 Å². The molecule has 3 rings (SSSR count). The van der Waals surface area contributed by atoms with Gasteiger partial charge in [-0.05, 0) is 38.5 Å². The molecule has 0 amide bonds. The summed E-state index contributed by atoms with van der Waals surface area (Å²) in [5.74, 6) is 2.65. The van der Waals surface area contributed by atoms with E-state index in [4.69, 9.17) is 9.15 Å². The molecule has 0 atom stereocenters. The van der Waals surface area contributed by atoms with Crippen LogP contribution in [0.5, 0.6) is 0 Å². The zero-order valence-corrected chi connectivity index (χ0v) is 11.7. The number of nitrogens with zero attached hydrogens (tertiary/aromatic N) is 1. The van der Waals surface area contributed by atoms with Gasteiger partial charge in [-0.1, -0.05) is 0 Å². The average Bonchev–Trinajstić information content (AvgIpc) is 3.06. The first-order valence-electron chi connectivity index (χ1n) is 7.62. The first kappa shape index (κ1) is 13.1. The second-order valence-electron chi connectivity index (χ2n) is 5.82. The smallest absolute Gasteiger partial charge is 0.195 e. The van der Waals surface area contributed by atoms with Gasteiger partial charge >= 0.3 is 0 Å². The van der Waals surface area contributed by atoms with Crippen molar-refractivity contribution in [3.05, 3.63) is 17.8 Å². The molecule has 1 heterocycles. The van der Waals surface area contributed by atoms with Gasteiger partial charge in [0.05, 0.1) is 12.3 Å². The van der Waals surface area contributed by atoms with Crippen LogP contribution in [0.2, 0.25) is 0 Å². The van der Waals surface area contributed by atoms with E-state index < -0.39 is 0 Å². The Morgan fingerprint density at radius 3 is 3.00 bits per heavy atom. The van der Waals surface area contributed by atoms with E-state index in [-0.39, 0.29) is 0 Å². The molecule has 1 N–H and O–H groups in total. The van der Waals surface area contributed by atoms with Gasteiger partial charge in [-0.25, -0.2) is 4.98 Å². The van der Waals surface area contributed by atoms with Crippen molar-refractivity contribution in [2.75, 3.05) is 13.2 Å². The van der Waals surface area contributed by atoms with Gasteiger partial charge in [0.15, 0.2) is 5.89 Å². The number of nitrogens with one attached hydrogen (secondary N) is 1. The van der Waals surface area contributed by atoms with Crippen LogP contribution in [0.15, 0.2) is 10.6 Å². The number of hydrogen-bond acceptors (Lipinski definition) is 4. The molecular weight excluding hydrogens is 240 g/mol. The highest BCUT2D eigenvalue weighted by molar-refractivity contribution is 4.99. The molecule has 0 radical (unpaired) electrons. The maximum atomic E-state index is 5.80. The van der Waals surface area contributed by atoms with Crippen LogP contribution < -0.4 is 5.32 Å². The van der Waals surface area contributed by atoms with Crippen LogP contribution in [0.4, 0.5) is 0 Å². The van der Waals surface area contributed by atoms with Crippen molar-refractivity contribution >= 4 is 0 Å². The monoisotopic (exact) mass is 264 g/mol. The molecule has 19 heavy (non-hydrogen) atoms. The lowest BCUT2D eigenvalue weighted by Gasteiger charge is -2.34. The molecule has 0 spiro atoms. The number of aromatic nitrogens is 1. The Morgan fingerprint density at radius 2 is 2.26 bits per heavy atom. The fourth-order valence-corrected chi connectivity index (χ4v) is 2.73. The van der Waals surface area contributed by atoms with E-state index in [1.54, 1.807) is 0 Å². The number of hydrogen-bond donors (Lipinski definition) is 1. The summed E-state index contributed by atoms with van der Waals surface area (Å²) in [5, 5.41) is 3.48. The van der Waals surface area contributed by atoms with Crippen molar-refractivity contribution in [3.63, 3.8) is 0 Å². The summed E-state index contributed by atoms with van der Waals surface area (Å²) in [5.41, 5.74) is 0. The van der Waals surface area contributed by atoms with Gasteiger partial charge in [-0.15, -0.1) is 0 Å². The third kappa shape index (κ3) is 3.80. The van der Waals surface area contributed by atoms with Gasteiger partial charge in [-0.3, -0.25) is 0 Å². The second kappa shape index (κ2) is 6.06. The molecule has 0 bridgehead atoms. The Labute approximate surface area is 114 Å². The van der Waals surface area contributed by atoms with Crippen LogP contribution in [0, 0.1) is 5.92 Å². The molecule has 0 aromatic carbocycles. The summed E-state index contributed by atoms with van der Waals surface area (Å²) in [4.78, 5) is 4.36. The zero-order chi connectivity index (χ0) is 13.1. The Hall–Kier alpha value is -0.870. The van der Waals surface area contributed by atoms with Crippen molar-refractivity contribution in [1.82, 2.24) is 10.3 Å². The van der Waals surface area contributed by atoms with E-state index in [2.05, 4.69) is 17.2 Å². The molecule has 0 saturated heterocycles. The van der Waals surface area contributed by atoms with Crippen molar-refractivity contribution in [3.8, 4) is 0 Å². The summed E-state index contributed by atoms with van der Waals surface area (Å²) in [7, 11) is 0. The molecule has 1 aromatic heterocycles. The lowest BCUT2D eigenvalue weighted by molar-refractivity contribution is -0.0252. The zero-order valence-electron chi connectivity index (χ0n) is 11.7. The van der Waals surface area contributed by atoms with E-state index in [9.17, 15) is 0 Å². The van der Waals surface area contributed by atoms with Gasteiger partial charge in [0.2, 0.25) is 0 Å². The quantitative estimate of drug-likeness (QED) is 0.783. The van der Waals surface area contributed by atoms with E-state index in [1.165, 1.54) is 25.7 Å². The molecule has 2 saturated carbocycles. The van der Waals surface area contributed by atoms with Gasteiger partial charge in [-0.2, -0.15) is 0 Å². The Balaban J connectivity index is 1.36. The van der Waals surface area contributed by atoms with Crippen LogP contribution in [0.25, 0.3) is 0 Å². The molecule has 1 aromatic rings. The molecule has 0 aliphatic heterocycles. The van der Waals surface area contributed by atoms with Gasteiger partial charge in [0.1, 0.15) is 5.76 Å². The lowest BCUT2D eigenvalue weighted by atomic mass is 9.79. The van der Waals surface area contributed by atoms with E-state index in [0.29, 0.717) is 6.10 Å². The molecule has 0 unspecified atom stereocenters. The minimum Gasteiger partial charge on any atom is -0.446 e. The van der Waals surface area contributed by atoms with Gasteiger partial charge in [0, 0.05) is 32.0 Å². The van der Waals surface area contributed by atoms with Crippen molar-refractivity contribution in [1.29, 1.82) is 0 Å². The molecular formula is C15H24N2O2. The highest BCUT2D eigenvalue weighted by Gasteiger charge is 2.30. The molecule has 4 nitrogen and oxygen atoms in total. The molecule has 2 fully saturated rings. The number of oxazole rings is 1. The van der Waals surface area contributed by atoms with Crippen LogP contribution in [-0.4, -0.2) is 30.3 Å². The lowest BCUT2D eigenvalue weighted by Crippen LogP contribution is -2.32. The standard InChI is InChI=1S/C15H24N2O2/c1-2-18-13-7-11(8-13)9-14-10-17-15(19-14)5-6-16-12-3-4-12/h10-13,16H,2-9H2,1H3. The number of rotatable bonds is 8. The van der Waals surface area contributed by atoms with Crippen molar-refractivity contribution in [2.45, 2.75) is 57.6 Å². The summed E-state index contributed by atoms with van der Waals surface area (Å²) < 4.78 is 11.4. The maximum absolute atomic E-state index is 5.80. The first-order chi connectivity index (χ1) is 9.33. The van der Waals surface area contributed by atoms with Gasteiger partial charge in [0.25, 0.3) is 0 Å². The SMILES string of the molecule is CCOC1CC(Cc2cnc(CCNC3CC3)o2)C1. The van der Waals surface area contributed by atoms with Crippen LogP contribution in [0.1, 0.15) is 44.3 Å². The fourth-order valence-electron chi connectivity index (χ4n) is 2.73. The minimum absolute atomic E-state index is 0.486. The highest BCUT2D eigenvalue weighted by atomic mass is 16.5. The minimum atomic E-state index is 0.486. The van der Waals surface area contributed by atoms with Gasteiger partial charge < -0.3 is 14.5 Å². The second-order valence-corrected chi connectivity index (χ2v) is 5.82. The third-order valence-corrected chi connectivity index (χ3v) is 4.04.